The molecule has 2 aliphatic carbocycles. The summed E-state index contributed by atoms with van der Waals surface area (Å²) in [6, 6.07) is 89.1. The van der Waals surface area contributed by atoms with Gasteiger partial charge in [0.1, 0.15) is 5.82 Å². The maximum atomic E-state index is 5.43. The summed E-state index contributed by atoms with van der Waals surface area (Å²) in [5, 5.41) is 0. The van der Waals surface area contributed by atoms with Gasteiger partial charge in [0.15, 0.2) is 17.5 Å². The lowest BCUT2D eigenvalue weighted by Crippen LogP contribution is -2.34. The van der Waals surface area contributed by atoms with E-state index in [-0.39, 0.29) is 0 Å². The number of imidazole rings is 1. The van der Waals surface area contributed by atoms with E-state index in [1.54, 1.807) is 0 Å². The van der Waals surface area contributed by atoms with E-state index in [0.717, 1.165) is 67.9 Å². The Morgan fingerprint density at radius 1 is 0.310 bits per heavy atom. The number of fused-ring (bicyclic) bond motifs is 10. The predicted molar refractivity (Wildman–Crippen MR) is 287 cm³/mol. The molecule has 0 fully saturated rings. The highest BCUT2D eigenvalue weighted by Crippen LogP contribution is 2.60. The Balaban J connectivity index is 0.981. The predicted octanol–water partition coefficient (Wildman–Crippen LogP) is 15.5. The Kier molecular flexibility index (Phi) is 9.43. The minimum atomic E-state index is -0.639. The highest BCUT2D eigenvalue weighted by molar-refractivity contribution is 5.92. The fourth-order valence-corrected chi connectivity index (χ4v) is 11.4. The van der Waals surface area contributed by atoms with Gasteiger partial charge in [0, 0.05) is 27.9 Å². The second-order valence-electron chi connectivity index (χ2n) is 18.5. The van der Waals surface area contributed by atoms with E-state index in [1.165, 1.54) is 50.1 Å². The number of hydrogen-bond acceptors (Lipinski definition) is 4. The van der Waals surface area contributed by atoms with Crippen LogP contribution in [0.25, 0.3) is 95.7 Å². The first-order chi connectivity index (χ1) is 35.2. The largest absolute Gasteiger partial charge is 0.292 e. The van der Waals surface area contributed by atoms with Crippen LogP contribution in [0.3, 0.4) is 0 Å². The number of rotatable bonds is 7. The Morgan fingerprint density at radius 2 is 0.845 bits per heavy atom. The summed E-state index contributed by atoms with van der Waals surface area (Å²) in [5.74, 6) is 2.81. The van der Waals surface area contributed by atoms with Gasteiger partial charge in [-0.3, -0.25) is 4.57 Å². The first kappa shape index (κ1) is 40.7. The fourth-order valence-electron chi connectivity index (χ4n) is 11.4. The molecule has 0 saturated heterocycles. The zero-order chi connectivity index (χ0) is 46.9. The molecule has 5 nitrogen and oxygen atoms in total. The Labute approximate surface area is 412 Å². The van der Waals surface area contributed by atoms with Crippen molar-refractivity contribution in [2.75, 3.05) is 0 Å². The highest BCUT2D eigenvalue weighted by Gasteiger charge is 2.50. The third-order valence-electron chi connectivity index (χ3n) is 14.6. The summed E-state index contributed by atoms with van der Waals surface area (Å²) < 4.78 is 2.33. The third kappa shape index (κ3) is 6.54. The quantitative estimate of drug-likeness (QED) is 0.160. The van der Waals surface area contributed by atoms with Gasteiger partial charge in [-0.2, -0.15) is 0 Å². The van der Waals surface area contributed by atoms with Crippen molar-refractivity contribution in [2.45, 2.75) is 11.8 Å². The van der Waals surface area contributed by atoms with Gasteiger partial charge in [-0.1, -0.05) is 212 Å². The maximum absolute atomic E-state index is 5.43. The lowest BCUT2D eigenvalue weighted by Gasteiger charge is -2.40. The molecule has 1 atom stereocenters. The van der Waals surface area contributed by atoms with E-state index < -0.39 is 5.41 Å². The van der Waals surface area contributed by atoms with E-state index in [9.17, 15) is 0 Å². The van der Waals surface area contributed by atoms with E-state index in [4.69, 9.17) is 19.9 Å². The van der Waals surface area contributed by atoms with Gasteiger partial charge in [-0.15, -0.1) is 0 Å². The summed E-state index contributed by atoms with van der Waals surface area (Å²) in [5.41, 5.74) is 21.0. The van der Waals surface area contributed by atoms with E-state index in [0.29, 0.717) is 17.5 Å². The molecule has 0 bridgehead atoms. The molecule has 2 aliphatic rings. The summed E-state index contributed by atoms with van der Waals surface area (Å²) >= 11 is 0. The van der Waals surface area contributed by atoms with Crippen molar-refractivity contribution < 1.29 is 0 Å². The highest BCUT2D eigenvalue weighted by atomic mass is 15.1. The van der Waals surface area contributed by atoms with Crippen molar-refractivity contribution in [1.82, 2.24) is 24.5 Å². The second kappa shape index (κ2) is 16.4. The molecule has 10 aromatic carbocycles. The number of nitrogens with zero attached hydrogens (tertiary/aromatic N) is 5. The minimum Gasteiger partial charge on any atom is -0.292 e. The van der Waals surface area contributed by atoms with Crippen LogP contribution in [0.5, 0.6) is 0 Å². The zero-order valence-electron chi connectivity index (χ0n) is 38.6. The molecule has 1 spiro atoms. The van der Waals surface area contributed by atoms with E-state index in [2.05, 4.69) is 217 Å². The van der Waals surface area contributed by atoms with Crippen LogP contribution in [0.4, 0.5) is 0 Å². The van der Waals surface area contributed by atoms with Gasteiger partial charge < -0.3 is 0 Å². The molecule has 5 heteroatoms. The van der Waals surface area contributed by atoms with Crippen molar-refractivity contribution in [1.29, 1.82) is 0 Å². The molecule has 0 amide bonds. The number of aromatic nitrogens is 5. The van der Waals surface area contributed by atoms with Crippen LogP contribution in [-0.2, 0) is 11.8 Å². The lowest BCUT2D eigenvalue weighted by atomic mass is 9.61. The molecule has 71 heavy (non-hydrogen) atoms. The summed E-state index contributed by atoms with van der Waals surface area (Å²) in [4.78, 5) is 20.9. The lowest BCUT2D eigenvalue weighted by molar-refractivity contribution is 0.722. The van der Waals surface area contributed by atoms with Crippen LogP contribution in [0.2, 0.25) is 0 Å². The number of para-hydroxylation sites is 2. The molecule has 12 aromatic rings. The van der Waals surface area contributed by atoms with Gasteiger partial charge in [0.25, 0.3) is 0 Å². The van der Waals surface area contributed by atoms with Crippen LogP contribution < -0.4 is 0 Å². The average Bonchev–Trinajstić information content (AvgIpc) is 3.98. The van der Waals surface area contributed by atoms with Crippen LogP contribution in [-0.4, -0.2) is 24.5 Å². The Bertz CT molecular complexity index is 3970. The van der Waals surface area contributed by atoms with Gasteiger partial charge in [-0.05, 0) is 110 Å². The van der Waals surface area contributed by atoms with Crippen molar-refractivity contribution in [3.05, 3.63) is 282 Å². The van der Waals surface area contributed by atoms with Crippen LogP contribution in [0.1, 0.15) is 33.4 Å². The Hall–Kier alpha value is -9.32. The first-order valence-corrected chi connectivity index (χ1v) is 24.3. The van der Waals surface area contributed by atoms with Crippen molar-refractivity contribution in [3.8, 4) is 84.6 Å². The molecule has 0 aliphatic heterocycles. The van der Waals surface area contributed by atoms with E-state index >= 15 is 0 Å². The monoisotopic (exact) mass is 905 g/mol. The van der Waals surface area contributed by atoms with E-state index in [1.807, 2.05) is 36.4 Å². The van der Waals surface area contributed by atoms with Crippen LogP contribution >= 0.6 is 0 Å². The van der Waals surface area contributed by atoms with Gasteiger partial charge in [0.05, 0.1) is 16.4 Å². The molecule has 0 saturated carbocycles. The Morgan fingerprint density at radius 3 is 1.59 bits per heavy atom. The molecule has 0 radical (unpaired) electrons. The molecule has 0 N–H and O–H groups in total. The van der Waals surface area contributed by atoms with Gasteiger partial charge in [0.2, 0.25) is 0 Å². The van der Waals surface area contributed by atoms with Crippen molar-refractivity contribution >= 4 is 11.0 Å². The average molecular weight is 906 g/mol. The molecule has 2 aromatic heterocycles. The molecule has 1 unspecified atom stereocenters. The smallest absolute Gasteiger partial charge is 0.164 e. The fraction of sp³-hybridized carbons (Fsp3) is 0.0303. The number of benzene rings is 10. The molecule has 332 valence electrons. The number of hydrogen-bond donors (Lipinski definition) is 0. The minimum absolute atomic E-state index is 0.635. The molecule has 14 rings (SSSR count). The maximum Gasteiger partial charge on any atom is 0.164 e. The summed E-state index contributed by atoms with van der Waals surface area (Å²) in [6.07, 6.45) is 0.828. The van der Waals surface area contributed by atoms with Gasteiger partial charge >= 0.3 is 0 Å². The van der Waals surface area contributed by atoms with Gasteiger partial charge in [-0.25, -0.2) is 19.9 Å². The summed E-state index contributed by atoms with van der Waals surface area (Å²) in [7, 11) is 0. The second-order valence-corrected chi connectivity index (χ2v) is 18.5. The molecule has 2 heterocycles. The molecular weight excluding hydrogens is 863 g/mol. The van der Waals surface area contributed by atoms with Crippen LogP contribution in [0.15, 0.2) is 249 Å². The molecular formula is C66H43N5. The normalized spacial score (nSPS) is 14.2. The summed E-state index contributed by atoms with van der Waals surface area (Å²) in [6.45, 7) is 0. The standard InChI is InChI=1S/C66H43N5/c1-4-19-43(20-5-1)46-26-18-27-51(40-46)71-61-34-17-16-33-60(61)67-65(71)55-30-12-11-28-52(55)47-35-36-49-39-48-25-10-14-31-56(48)66(58(49)41-47)57-32-15-13-29-53(57)54-38-37-50(42-59(54)66)64-69-62(44-21-6-2-7-22-44)68-63(70-64)45-23-8-3-9-24-45/h1-38,40-42H,39H2. The van der Waals surface area contributed by atoms with Crippen molar-refractivity contribution in [3.63, 3.8) is 0 Å². The first-order valence-electron chi connectivity index (χ1n) is 24.3. The topological polar surface area (TPSA) is 56.5 Å². The van der Waals surface area contributed by atoms with Crippen molar-refractivity contribution in [2.24, 2.45) is 0 Å². The van der Waals surface area contributed by atoms with Crippen LogP contribution in [0, 0.1) is 0 Å². The SMILES string of the molecule is c1ccc(-c2cccc(-n3c(-c4ccccc4-c4ccc5c(c4)C4(c6ccccc6C5)c5ccccc5-c5ccc(-c6nc(-c7ccccc7)nc(-c7ccccc7)n6)cc54)nc4ccccc43)c2)cc1. The zero-order valence-corrected chi connectivity index (χ0v) is 38.6. The third-order valence-corrected chi connectivity index (χ3v) is 14.6.